The summed E-state index contributed by atoms with van der Waals surface area (Å²) in [7, 11) is 0. The van der Waals surface area contributed by atoms with Crippen molar-refractivity contribution in [1.29, 1.82) is 0 Å². The molecule has 1 amide bonds. The number of carbonyl (C=O) groups excluding carboxylic acids is 1. The number of nitrogens with zero attached hydrogens (tertiary/aromatic N) is 2. The molecule has 1 fully saturated rings. The number of hydrogen-bond acceptors (Lipinski definition) is 5. The summed E-state index contributed by atoms with van der Waals surface area (Å²) in [6, 6.07) is 9.92. The summed E-state index contributed by atoms with van der Waals surface area (Å²) in [5.41, 5.74) is 0.459. The molecule has 25 heavy (non-hydrogen) atoms. The van der Waals surface area contributed by atoms with E-state index >= 15 is 0 Å². The Bertz CT molecular complexity index is 698. The summed E-state index contributed by atoms with van der Waals surface area (Å²) < 4.78 is 11.2. The van der Waals surface area contributed by atoms with Gasteiger partial charge in [0.1, 0.15) is 5.60 Å². The highest BCUT2D eigenvalue weighted by Crippen LogP contribution is 2.33. The van der Waals surface area contributed by atoms with E-state index in [0.29, 0.717) is 11.8 Å². The second-order valence-corrected chi connectivity index (χ2v) is 7.51. The first-order chi connectivity index (χ1) is 11.9. The molecule has 6 nitrogen and oxygen atoms in total. The lowest BCUT2D eigenvalue weighted by atomic mass is 9.86. The van der Waals surface area contributed by atoms with Crippen molar-refractivity contribution in [1.82, 2.24) is 15.5 Å². The zero-order valence-corrected chi connectivity index (χ0v) is 15.0. The summed E-state index contributed by atoms with van der Waals surface area (Å²) in [5, 5.41) is 11.3. The number of hydrogen-bond donors (Lipinski definition) is 1. The number of nitrogens with one attached hydrogen (secondary N) is 1. The van der Waals surface area contributed by atoms with E-state index in [9.17, 15) is 4.79 Å². The van der Waals surface area contributed by atoms with E-state index < -0.39 is 5.60 Å². The maximum atomic E-state index is 11.9. The molecular weight excluding hydrogens is 318 g/mol. The molecule has 0 atom stereocenters. The molecule has 0 unspecified atom stereocenters. The van der Waals surface area contributed by atoms with Crippen LogP contribution < -0.4 is 5.32 Å². The summed E-state index contributed by atoms with van der Waals surface area (Å²) >= 11 is 0. The van der Waals surface area contributed by atoms with E-state index in [1.165, 1.54) is 0 Å². The number of carbonyl (C=O) groups is 1. The summed E-state index contributed by atoms with van der Waals surface area (Å²) in [4.78, 5) is 11.9. The van der Waals surface area contributed by atoms with Gasteiger partial charge in [0.25, 0.3) is 0 Å². The lowest BCUT2D eigenvalue weighted by molar-refractivity contribution is 0.0490. The molecule has 1 aliphatic carbocycles. The lowest BCUT2D eigenvalue weighted by Gasteiger charge is -2.28. The molecule has 1 aliphatic rings. The SMILES string of the molecule is CC(C)(C)OC(=O)N[C@H]1CC[C@H](c2nnc(-c3ccccc3)o2)CC1. The standard InChI is InChI=1S/C19H25N3O3/c1-19(2,3)25-18(23)20-15-11-9-14(10-12-15)17-22-21-16(24-17)13-7-5-4-6-8-13/h4-8,14-15H,9-12H2,1-3H3,(H,20,23)/t14-,15-. The molecule has 0 bridgehead atoms. The first-order valence-electron chi connectivity index (χ1n) is 8.79. The van der Waals surface area contributed by atoms with Gasteiger partial charge in [0.15, 0.2) is 0 Å². The predicted octanol–water partition coefficient (Wildman–Crippen LogP) is 4.29. The highest BCUT2D eigenvalue weighted by atomic mass is 16.6. The van der Waals surface area contributed by atoms with Crippen LogP contribution in [0.3, 0.4) is 0 Å². The molecule has 0 aliphatic heterocycles. The van der Waals surface area contributed by atoms with Crippen molar-refractivity contribution in [2.45, 2.75) is 64.0 Å². The van der Waals surface area contributed by atoms with Crippen LogP contribution in [0.5, 0.6) is 0 Å². The molecule has 1 aromatic carbocycles. The highest BCUT2D eigenvalue weighted by molar-refractivity contribution is 5.68. The average molecular weight is 343 g/mol. The van der Waals surface area contributed by atoms with Gasteiger partial charge in [-0.25, -0.2) is 4.79 Å². The monoisotopic (exact) mass is 343 g/mol. The van der Waals surface area contributed by atoms with Gasteiger partial charge in [0, 0.05) is 17.5 Å². The molecule has 0 radical (unpaired) electrons. The minimum Gasteiger partial charge on any atom is -0.444 e. The third kappa shape index (κ3) is 4.81. The van der Waals surface area contributed by atoms with Crippen LogP contribution in [0.2, 0.25) is 0 Å². The smallest absolute Gasteiger partial charge is 0.407 e. The summed E-state index contributed by atoms with van der Waals surface area (Å²) in [6.45, 7) is 5.59. The quantitative estimate of drug-likeness (QED) is 0.899. The van der Waals surface area contributed by atoms with Gasteiger partial charge in [-0.15, -0.1) is 10.2 Å². The molecular formula is C19H25N3O3. The number of amides is 1. The van der Waals surface area contributed by atoms with Crippen molar-refractivity contribution < 1.29 is 13.9 Å². The zero-order valence-electron chi connectivity index (χ0n) is 15.0. The van der Waals surface area contributed by atoms with Crippen LogP contribution in [0, 0.1) is 0 Å². The van der Waals surface area contributed by atoms with Crippen LogP contribution >= 0.6 is 0 Å². The maximum absolute atomic E-state index is 11.9. The van der Waals surface area contributed by atoms with Crippen molar-refractivity contribution in [3.63, 3.8) is 0 Å². The molecule has 6 heteroatoms. The fourth-order valence-electron chi connectivity index (χ4n) is 3.06. The van der Waals surface area contributed by atoms with E-state index in [1.54, 1.807) is 0 Å². The minimum atomic E-state index is -0.473. The third-order valence-corrected chi connectivity index (χ3v) is 4.26. The number of benzene rings is 1. The zero-order chi connectivity index (χ0) is 17.9. The topological polar surface area (TPSA) is 77.2 Å². The first kappa shape index (κ1) is 17.5. The Hall–Kier alpha value is -2.37. The molecule has 1 saturated carbocycles. The Morgan fingerprint density at radius 2 is 1.80 bits per heavy atom. The Morgan fingerprint density at radius 3 is 2.44 bits per heavy atom. The second kappa shape index (κ2) is 7.25. The van der Waals surface area contributed by atoms with E-state index in [1.807, 2.05) is 51.1 Å². The number of rotatable bonds is 3. The molecule has 2 aromatic rings. The number of ether oxygens (including phenoxy) is 1. The Kier molecular flexibility index (Phi) is 5.06. The Morgan fingerprint density at radius 1 is 1.12 bits per heavy atom. The van der Waals surface area contributed by atoms with Crippen LogP contribution in [0.15, 0.2) is 34.7 Å². The first-order valence-corrected chi connectivity index (χ1v) is 8.79. The van der Waals surface area contributed by atoms with Crippen LogP contribution in [0.25, 0.3) is 11.5 Å². The fraction of sp³-hybridized carbons (Fsp3) is 0.526. The van der Waals surface area contributed by atoms with Gasteiger partial charge in [-0.1, -0.05) is 18.2 Å². The van der Waals surface area contributed by atoms with E-state index in [-0.39, 0.29) is 18.1 Å². The van der Waals surface area contributed by atoms with Crippen LogP contribution in [-0.2, 0) is 4.74 Å². The fourth-order valence-corrected chi connectivity index (χ4v) is 3.06. The van der Waals surface area contributed by atoms with Gasteiger partial charge in [-0.3, -0.25) is 0 Å². The lowest BCUT2D eigenvalue weighted by Crippen LogP contribution is -2.40. The molecule has 1 N–H and O–H groups in total. The van der Waals surface area contributed by atoms with Gasteiger partial charge in [0.2, 0.25) is 11.8 Å². The van der Waals surface area contributed by atoms with Crippen molar-refractivity contribution in [2.75, 3.05) is 0 Å². The van der Waals surface area contributed by atoms with Gasteiger partial charge in [0.05, 0.1) is 0 Å². The van der Waals surface area contributed by atoms with E-state index in [2.05, 4.69) is 15.5 Å². The molecule has 0 saturated heterocycles. The van der Waals surface area contributed by atoms with Gasteiger partial charge in [-0.05, 0) is 58.6 Å². The molecule has 1 aromatic heterocycles. The minimum absolute atomic E-state index is 0.141. The van der Waals surface area contributed by atoms with Crippen molar-refractivity contribution in [2.24, 2.45) is 0 Å². The molecule has 0 spiro atoms. The van der Waals surface area contributed by atoms with Gasteiger partial charge in [-0.2, -0.15) is 0 Å². The number of aromatic nitrogens is 2. The van der Waals surface area contributed by atoms with Gasteiger partial charge >= 0.3 is 6.09 Å². The van der Waals surface area contributed by atoms with Crippen LogP contribution in [0.1, 0.15) is 58.3 Å². The molecule has 1 heterocycles. The predicted molar refractivity (Wildman–Crippen MR) is 94.1 cm³/mol. The average Bonchev–Trinajstić information content (AvgIpc) is 3.04. The van der Waals surface area contributed by atoms with Crippen LogP contribution in [0.4, 0.5) is 4.79 Å². The summed E-state index contributed by atoms with van der Waals surface area (Å²) in [5.74, 6) is 1.50. The largest absolute Gasteiger partial charge is 0.444 e. The van der Waals surface area contributed by atoms with E-state index in [4.69, 9.17) is 9.15 Å². The maximum Gasteiger partial charge on any atom is 0.407 e. The second-order valence-electron chi connectivity index (χ2n) is 7.51. The third-order valence-electron chi connectivity index (χ3n) is 4.26. The highest BCUT2D eigenvalue weighted by Gasteiger charge is 2.28. The summed E-state index contributed by atoms with van der Waals surface area (Å²) in [6.07, 6.45) is 3.24. The van der Waals surface area contributed by atoms with Gasteiger partial charge < -0.3 is 14.5 Å². The molecule has 3 rings (SSSR count). The molecule has 134 valence electrons. The normalized spacial score (nSPS) is 20.9. The number of alkyl carbamates (subject to hydrolysis) is 1. The van der Waals surface area contributed by atoms with Crippen LogP contribution in [-0.4, -0.2) is 27.9 Å². The van der Waals surface area contributed by atoms with Crippen molar-refractivity contribution >= 4 is 6.09 Å². The van der Waals surface area contributed by atoms with Crippen molar-refractivity contribution in [3.8, 4) is 11.5 Å². The Labute approximate surface area is 148 Å². The van der Waals surface area contributed by atoms with Crippen molar-refractivity contribution in [3.05, 3.63) is 36.2 Å². The Balaban J connectivity index is 1.53. The van der Waals surface area contributed by atoms with E-state index in [0.717, 1.165) is 31.2 Å².